The molecule has 0 bridgehead atoms. The quantitative estimate of drug-likeness (QED) is 0.277. The third-order valence-electron chi connectivity index (χ3n) is 6.46. The van der Waals surface area contributed by atoms with E-state index in [1.165, 1.54) is 29.4 Å². The third kappa shape index (κ3) is 5.09. The van der Waals surface area contributed by atoms with Crippen molar-refractivity contribution in [1.82, 2.24) is 0 Å². The lowest BCUT2D eigenvalue weighted by Gasteiger charge is -2.37. The van der Waals surface area contributed by atoms with Crippen LogP contribution in [0.15, 0.2) is 12.1 Å². The summed E-state index contributed by atoms with van der Waals surface area (Å²) in [6.45, 7) is 9.57. The van der Waals surface area contributed by atoms with Gasteiger partial charge in [-0.15, -0.1) is 22.7 Å². The number of carbonyl (C=O) groups is 1. The van der Waals surface area contributed by atoms with E-state index >= 15 is 0 Å². The number of rotatable bonds is 10. The van der Waals surface area contributed by atoms with Gasteiger partial charge in [0.1, 0.15) is 0 Å². The fourth-order valence-electron chi connectivity index (χ4n) is 3.82. The molecule has 0 radical (unpaired) electrons. The molecule has 3 rings (SSSR count). The Labute approximate surface area is 201 Å². The number of aliphatic hydroxyl groups is 1. The van der Waals surface area contributed by atoms with Gasteiger partial charge in [-0.1, -0.05) is 26.2 Å². The number of esters is 1. The second kappa shape index (κ2) is 9.88. The molecule has 1 aromatic carbocycles. The Bertz CT molecular complexity index is 1110. The molecule has 0 unspecified atom stereocenters. The molecule has 172 valence electrons. The number of thiophene rings is 2. The van der Waals surface area contributed by atoms with Crippen LogP contribution in [0.2, 0.25) is 0 Å². The number of ether oxygens (including phenoxy) is 1. The number of carbonyl (C=O) groups excluding carboxylic acids is 1. The summed E-state index contributed by atoms with van der Waals surface area (Å²) in [7, 11) is 3.97. The molecular weight excluding hydrogens is 438 g/mol. The topological polar surface area (TPSA) is 55.8 Å². The van der Waals surface area contributed by atoms with Crippen LogP contribution < -0.4 is 9.55 Å². The first-order valence-electron chi connectivity index (χ1n) is 11.4. The first kappa shape index (κ1) is 25.3. The maximum absolute atomic E-state index is 12.9. The van der Waals surface area contributed by atoms with Gasteiger partial charge in [0.15, 0.2) is 7.85 Å². The second-order valence-electron chi connectivity index (χ2n) is 9.57. The zero-order valence-corrected chi connectivity index (χ0v) is 22.0. The van der Waals surface area contributed by atoms with Gasteiger partial charge in [-0.2, -0.15) is 0 Å². The Kier molecular flexibility index (Phi) is 7.81. The molecule has 32 heavy (non-hydrogen) atoms. The van der Waals surface area contributed by atoms with Crippen molar-refractivity contribution < 1.29 is 19.3 Å². The van der Waals surface area contributed by atoms with Crippen molar-refractivity contribution in [1.29, 1.82) is 0 Å². The van der Waals surface area contributed by atoms with Crippen LogP contribution in [0.5, 0.6) is 0 Å². The van der Waals surface area contributed by atoms with E-state index in [0.717, 1.165) is 50.6 Å². The normalized spacial score (nSPS) is 12.6. The smallest absolute Gasteiger partial charge is 0.338 e. The van der Waals surface area contributed by atoms with Gasteiger partial charge in [-0.25, -0.2) is 4.79 Å². The van der Waals surface area contributed by atoms with Crippen molar-refractivity contribution in [2.24, 2.45) is 0 Å². The fraction of sp³-hybridized carbons (Fsp3) is 0.542. The van der Waals surface area contributed by atoms with Crippen molar-refractivity contribution >= 4 is 73.7 Å². The molecule has 2 heterocycles. The minimum absolute atomic E-state index is 0.257. The van der Waals surface area contributed by atoms with E-state index in [1.54, 1.807) is 36.5 Å². The van der Waals surface area contributed by atoms with Gasteiger partial charge in [-0.05, 0) is 68.4 Å². The average Bonchev–Trinajstić information content (AvgIpc) is 3.31. The summed E-state index contributed by atoms with van der Waals surface area (Å²) in [4.78, 5) is 12.9. The first-order chi connectivity index (χ1) is 15.0. The number of benzene rings is 1. The molecule has 0 saturated carbocycles. The summed E-state index contributed by atoms with van der Waals surface area (Å²) < 4.78 is 16.0. The van der Waals surface area contributed by atoms with Crippen molar-refractivity contribution in [2.75, 3.05) is 7.11 Å². The minimum Gasteiger partial charge on any atom is -0.465 e. The Morgan fingerprint density at radius 1 is 1.09 bits per heavy atom. The molecule has 0 amide bonds. The summed E-state index contributed by atoms with van der Waals surface area (Å²) in [5.74, 6) is -0.257. The Balaban J connectivity index is 2.12. The van der Waals surface area contributed by atoms with Crippen LogP contribution in [-0.4, -0.2) is 44.7 Å². The van der Waals surface area contributed by atoms with Gasteiger partial charge < -0.3 is 14.5 Å². The van der Waals surface area contributed by atoms with Gasteiger partial charge in [0, 0.05) is 10.2 Å². The number of methoxy groups -OCH3 is 1. The van der Waals surface area contributed by atoms with Crippen LogP contribution in [0.4, 0.5) is 0 Å². The van der Waals surface area contributed by atoms with Crippen molar-refractivity contribution in [3.05, 3.63) is 23.3 Å². The standard InChI is InChI=1S/C24H34B2O4S2/c1-7-8-9-10-11-14-15-13-18(26-30-24(4,5)23(2,3)28)32-20(15)21-16(12-17(25)31-21)19(14)22(27)29-6/h12-13,26,28H,7-11,25H2,1-6H3. The van der Waals surface area contributed by atoms with Crippen molar-refractivity contribution in [3.63, 3.8) is 0 Å². The maximum Gasteiger partial charge on any atom is 0.338 e. The van der Waals surface area contributed by atoms with Crippen molar-refractivity contribution in [2.45, 2.75) is 77.9 Å². The first-order valence-corrected chi connectivity index (χ1v) is 13.1. The van der Waals surface area contributed by atoms with E-state index in [4.69, 9.17) is 9.39 Å². The molecule has 0 fully saturated rings. The summed E-state index contributed by atoms with van der Waals surface area (Å²) in [5.41, 5.74) is 0.179. The Morgan fingerprint density at radius 2 is 1.78 bits per heavy atom. The van der Waals surface area contributed by atoms with E-state index in [9.17, 15) is 9.90 Å². The highest BCUT2D eigenvalue weighted by Gasteiger charge is 2.36. The zero-order chi connectivity index (χ0) is 23.7. The fourth-order valence-corrected chi connectivity index (χ4v) is 6.10. The highest BCUT2D eigenvalue weighted by molar-refractivity contribution is 7.34. The maximum atomic E-state index is 12.9. The van der Waals surface area contributed by atoms with Gasteiger partial charge >= 0.3 is 13.5 Å². The number of aryl methyl sites for hydroxylation is 1. The second-order valence-corrected chi connectivity index (χ2v) is 12.0. The largest absolute Gasteiger partial charge is 0.465 e. The lowest BCUT2D eigenvalue weighted by Crippen LogP contribution is -2.49. The highest BCUT2D eigenvalue weighted by atomic mass is 32.1. The van der Waals surface area contributed by atoms with E-state index in [-0.39, 0.29) is 5.97 Å². The number of hydrogen-bond acceptors (Lipinski definition) is 6. The summed E-state index contributed by atoms with van der Waals surface area (Å²) in [6, 6.07) is 4.30. The molecule has 0 atom stereocenters. The third-order valence-corrected chi connectivity index (χ3v) is 8.78. The predicted molar refractivity (Wildman–Crippen MR) is 143 cm³/mol. The molecule has 0 aliphatic rings. The zero-order valence-electron chi connectivity index (χ0n) is 20.4. The van der Waals surface area contributed by atoms with Crippen molar-refractivity contribution in [3.8, 4) is 0 Å². The van der Waals surface area contributed by atoms with Gasteiger partial charge in [0.2, 0.25) is 0 Å². The Hall–Kier alpha value is -1.34. The highest BCUT2D eigenvalue weighted by Crippen LogP contribution is 2.39. The molecule has 1 N–H and O–H groups in total. The van der Waals surface area contributed by atoms with E-state index < -0.39 is 11.2 Å². The van der Waals surface area contributed by atoms with Gasteiger partial charge in [0.05, 0.1) is 33.3 Å². The molecule has 4 nitrogen and oxygen atoms in total. The van der Waals surface area contributed by atoms with Gasteiger partial charge in [-0.3, -0.25) is 0 Å². The Morgan fingerprint density at radius 3 is 2.41 bits per heavy atom. The molecular formula is C24H34B2O4S2. The molecule has 0 aliphatic heterocycles. The molecule has 2 aromatic heterocycles. The number of hydrogen-bond donors (Lipinski definition) is 1. The van der Waals surface area contributed by atoms with E-state index in [0.29, 0.717) is 7.48 Å². The molecule has 0 spiro atoms. The van der Waals surface area contributed by atoms with Crippen LogP contribution >= 0.6 is 22.7 Å². The molecule has 3 aromatic rings. The van der Waals surface area contributed by atoms with E-state index in [1.807, 2.05) is 13.8 Å². The predicted octanol–water partition coefficient (Wildman–Crippen LogP) is 3.83. The number of fused-ring (bicyclic) bond motifs is 3. The van der Waals surface area contributed by atoms with Crippen LogP contribution in [0.25, 0.3) is 20.2 Å². The molecule has 8 heteroatoms. The summed E-state index contributed by atoms with van der Waals surface area (Å²) >= 11 is 3.46. The molecule has 0 saturated heterocycles. The monoisotopic (exact) mass is 472 g/mol. The lowest BCUT2D eigenvalue weighted by atomic mass is 9.85. The minimum atomic E-state index is -0.954. The van der Waals surface area contributed by atoms with E-state index in [2.05, 4.69) is 26.9 Å². The van der Waals surface area contributed by atoms with Crippen LogP contribution in [0.3, 0.4) is 0 Å². The van der Waals surface area contributed by atoms with Crippen LogP contribution in [0, 0.1) is 0 Å². The van der Waals surface area contributed by atoms with Gasteiger partial charge in [0.25, 0.3) is 0 Å². The van der Waals surface area contributed by atoms with Crippen LogP contribution in [0.1, 0.15) is 76.2 Å². The summed E-state index contributed by atoms with van der Waals surface area (Å²) in [5, 5.41) is 12.6. The number of unbranched alkanes of at least 4 members (excludes halogenated alkanes) is 3. The average molecular weight is 472 g/mol. The lowest BCUT2D eigenvalue weighted by molar-refractivity contribution is -0.0892. The molecule has 0 aliphatic carbocycles. The van der Waals surface area contributed by atoms with Crippen LogP contribution in [-0.2, 0) is 15.8 Å². The summed E-state index contributed by atoms with van der Waals surface area (Å²) in [6.07, 6.45) is 5.44. The SMILES string of the molecule is Bc1cc2c(C(=O)OC)c(CCCCCC)c3cc(BOC(C)(C)C(C)(C)O)sc3c2s1.